The summed E-state index contributed by atoms with van der Waals surface area (Å²) in [4.78, 5) is -0.0666. The molecule has 0 aromatic heterocycles. The molecular formula is C42H38O3S. The topological polar surface area (TPSA) is 54.4 Å². The van der Waals surface area contributed by atoms with Crippen molar-refractivity contribution in [2.24, 2.45) is 0 Å². The molecule has 0 bridgehead atoms. The maximum atomic E-state index is 10.5. The second-order valence-electron chi connectivity index (χ2n) is 12.9. The van der Waals surface area contributed by atoms with Gasteiger partial charge in [-0.2, -0.15) is 8.42 Å². The van der Waals surface area contributed by atoms with Gasteiger partial charge in [0.2, 0.25) is 0 Å². The first-order valence-corrected chi connectivity index (χ1v) is 17.0. The van der Waals surface area contributed by atoms with Gasteiger partial charge in [-0.3, -0.25) is 4.55 Å². The monoisotopic (exact) mass is 622 g/mol. The van der Waals surface area contributed by atoms with E-state index in [4.69, 9.17) is 4.55 Å². The number of benzene rings is 6. The second kappa shape index (κ2) is 12.6. The molecule has 7 rings (SSSR count). The van der Waals surface area contributed by atoms with Crippen LogP contribution in [0.2, 0.25) is 0 Å². The fourth-order valence-electron chi connectivity index (χ4n) is 6.19. The standard InChI is InChI=1S/C35H30.C7H8O3S/c1-35(2,3)28-20-18-26(19-21-28)34-32-22-27-16-10-11-17-29(27)31(32)23-30(24-12-6-4-7-13-24)33(34)25-14-8-5-9-15-25;1-6-2-4-7(5-3-6)11(8,9)10/h4-21,23H,22H2,1-3H3;2-5H,1H3,(H,8,9,10). The van der Waals surface area contributed by atoms with Crippen LogP contribution in [-0.2, 0) is 22.0 Å². The summed E-state index contributed by atoms with van der Waals surface area (Å²) in [5, 5.41) is 0. The molecular weight excluding hydrogens is 585 g/mol. The second-order valence-corrected chi connectivity index (χ2v) is 14.3. The highest BCUT2D eigenvalue weighted by atomic mass is 32.2. The Morgan fingerprint density at radius 3 is 1.70 bits per heavy atom. The number of aryl methyl sites for hydroxylation is 1. The molecule has 0 radical (unpaired) electrons. The molecule has 3 nitrogen and oxygen atoms in total. The molecule has 0 atom stereocenters. The Balaban J connectivity index is 0.000000288. The van der Waals surface area contributed by atoms with Crippen LogP contribution < -0.4 is 0 Å². The molecule has 230 valence electrons. The average Bonchev–Trinajstić information content (AvgIpc) is 3.43. The van der Waals surface area contributed by atoms with Crippen molar-refractivity contribution >= 4 is 10.1 Å². The Hall–Kier alpha value is -4.77. The van der Waals surface area contributed by atoms with E-state index in [1.165, 1.54) is 73.3 Å². The van der Waals surface area contributed by atoms with Gasteiger partial charge < -0.3 is 0 Å². The van der Waals surface area contributed by atoms with Crippen molar-refractivity contribution in [1.29, 1.82) is 0 Å². The zero-order valence-electron chi connectivity index (χ0n) is 26.7. The Bertz CT molecular complexity index is 2090. The summed E-state index contributed by atoms with van der Waals surface area (Å²) in [6.07, 6.45) is 0.969. The SMILES string of the molecule is CC(C)(C)c1ccc(-c2c3c(cc(-c4ccccc4)c2-c2ccccc2)-c2ccccc2C3)cc1.Cc1ccc(S(=O)(=O)O)cc1. The summed E-state index contributed by atoms with van der Waals surface area (Å²) in [6.45, 7) is 8.68. The van der Waals surface area contributed by atoms with E-state index in [9.17, 15) is 8.42 Å². The van der Waals surface area contributed by atoms with Crippen molar-refractivity contribution in [3.63, 3.8) is 0 Å². The summed E-state index contributed by atoms with van der Waals surface area (Å²) in [5.41, 5.74) is 15.8. The molecule has 1 aliphatic carbocycles. The number of rotatable bonds is 4. The molecule has 0 spiro atoms. The quantitative estimate of drug-likeness (QED) is 0.199. The van der Waals surface area contributed by atoms with Crippen molar-refractivity contribution < 1.29 is 13.0 Å². The van der Waals surface area contributed by atoms with E-state index in [2.05, 4.69) is 136 Å². The fourth-order valence-corrected chi connectivity index (χ4v) is 6.67. The zero-order chi connectivity index (χ0) is 32.5. The van der Waals surface area contributed by atoms with E-state index < -0.39 is 10.1 Å². The summed E-state index contributed by atoms with van der Waals surface area (Å²) in [7, 11) is -4.02. The molecule has 0 saturated carbocycles. The molecule has 46 heavy (non-hydrogen) atoms. The van der Waals surface area contributed by atoms with Gasteiger partial charge in [0.1, 0.15) is 0 Å². The van der Waals surface area contributed by atoms with Crippen LogP contribution in [0.4, 0.5) is 0 Å². The van der Waals surface area contributed by atoms with Crippen molar-refractivity contribution in [2.45, 2.75) is 44.4 Å². The van der Waals surface area contributed by atoms with Crippen LogP contribution in [0, 0.1) is 6.92 Å². The highest BCUT2D eigenvalue weighted by molar-refractivity contribution is 7.85. The summed E-state index contributed by atoms with van der Waals surface area (Å²) < 4.78 is 29.6. The molecule has 0 saturated heterocycles. The van der Waals surface area contributed by atoms with Gasteiger partial charge in [-0.1, -0.05) is 148 Å². The normalized spacial score (nSPS) is 12.1. The first-order chi connectivity index (χ1) is 22.0. The highest BCUT2D eigenvalue weighted by Crippen LogP contribution is 2.50. The molecule has 0 fully saturated rings. The Labute approximate surface area is 273 Å². The molecule has 0 unspecified atom stereocenters. The lowest BCUT2D eigenvalue weighted by molar-refractivity contribution is 0.483. The fraction of sp³-hybridized carbons (Fsp3) is 0.143. The van der Waals surface area contributed by atoms with Crippen LogP contribution in [0.15, 0.2) is 144 Å². The van der Waals surface area contributed by atoms with Gasteiger partial charge in [0, 0.05) is 0 Å². The predicted molar refractivity (Wildman–Crippen MR) is 191 cm³/mol. The third-order valence-corrected chi connectivity index (χ3v) is 9.48. The lowest BCUT2D eigenvalue weighted by Gasteiger charge is -2.23. The van der Waals surface area contributed by atoms with Gasteiger partial charge in [-0.15, -0.1) is 0 Å². The minimum Gasteiger partial charge on any atom is -0.282 e. The van der Waals surface area contributed by atoms with Crippen LogP contribution in [-0.4, -0.2) is 13.0 Å². The van der Waals surface area contributed by atoms with Crippen molar-refractivity contribution in [3.05, 3.63) is 162 Å². The van der Waals surface area contributed by atoms with Gasteiger partial charge >= 0.3 is 0 Å². The van der Waals surface area contributed by atoms with Gasteiger partial charge in [-0.25, -0.2) is 0 Å². The van der Waals surface area contributed by atoms with Crippen molar-refractivity contribution in [1.82, 2.24) is 0 Å². The largest absolute Gasteiger partial charge is 0.294 e. The van der Waals surface area contributed by atoms with Gasteiger partial charge in [0.15, 0.2) is 0 Å². The van der Waals surface area contributed by atoms with E-state index in [-0.39, 0.29) is 10.3 Å². The number of hydrogen-bond acceptors (Lipinski definition) is 2. The molecule has 6 aromatic carbocycles. The number of hydrogen-bond donors (Lipinski definition) is 1. The first kappa shape index (κ1) is 31.2. The molecule has 0 heterocycles. The molecule has 6 aromatic rings. The smallest absolute Gasteiger partial charge is 0.282 e. The van der Waals surface area contributed by atoms with E-state index in [0.717, 1.165) is 12.0 Å². The van der Waals surface area contributed by atoms with Crippen molar-refractivity contribution in [2.75, 3.05) is 0 Å². The van der Waals surface area contributed by atoms with Gasteiger partial charge in [-0.05, 0) is 98.2 Å². The highest BCUT2D eigenvalue weighted by Gasteiger charge is 2.27. The van der Waals surface area contributed by atoms with Crippen LogP contribution in [0.5, 0.6) is 0 Å². The third-order valence-electron chi connectivity index (χ3n) is 8.62. The summed E-state index contributed by atoms with van der Waals surface area (Å²) in [5.74, 6) is 0. The van der Waals surface area contributed by atoms with E-state index >= 15 is 0 Å². The van der Waals surface area contributed by atoms with E-state index in [1.54, 1.807) is 12.1 Å². The number of fused-ring (bicyclic) bond motifs is 3. The predicted octanol–water partition coefficient (Wildman–Crippen LogP) is 10.8. The lowest BCUT2D eigenvalue weighted by Crippen LogP contribution is -2.10. The van der Waals surface area contributed by atoms with Crippen LogP contribution >= 0.6 is 0 Å². The van der Waals surface area contributed by atoms with Crippen LogP contribution in [0.25, 0.3) is 44.5 Å². The van der Waals surface area contributed by atoms with E-state index in [0.29, 0.717) is 0 Å². The molecule has 1 N–H and O–H groups in total. The zero-order valence-corrected chi connectivity index (χ0v) is 27.5. The molecule has 0 amide bonds. The molecule has 0 aliphatic heterocycles. The summed E-state index contributed by atoms with van der Waals surface area (Å²) >= 11 is 0. The lowest BCUT2D eigenvalue weighted by atomic mass is 9.81. The average molecular weight is 623 g/mol. The van der Waals surface area contributed by atoms with Gasteiger partial charge in [0.05, 0.1) is 4.90 Å². The molecule has 1 aliphatic rings. The van der Waals surface area contributed by atoms with E-state index in [1.807, 2.05) is 6.92 Å². The maximum absolute atomic E-state index is 10.5. The minimum absolute atomic E-state index is 0.0666. The van der Waals surface area contributed by atoms with Crippen LogP contribution in [0.1, 0.15) is 43.0 Å². The Morgan fingerprint density at radius 1 is 0.565 bits per heavy atom. The minimum atomic E-state index is -4.02. The van der Waals surface area contributed by atoms with Gasteiger partial charge in [0.25, 0.3) is 10.1 Å². The first-order valence-electron chi connectivity index (χ1n) is 15.5. The maximum Gasteiger partial charge on any atom is 0.294 e. The summed E-state index contributed by atoms with van der Waals surface area (Å²) in [6, 6.07) is 48.4. The van der Waals surface area contributed by atoms with Crippen LogP contribution in [0.3, 0.4) is 0 Å². The third kappa shape index (κ3) is 6.46. The molecule has 4 heteroatoms. The van der Waals surface area contributed by atoms with Crippen molar-refractivity contribution in [3.8, 4) is 44.5 Å². The Kier molecular flexibility index (Phi) is 8.52. The Morgan fingerprint density at radius 2 is 1.11 bits per heavy atom.